The average Bonchev–Trinajstić information content (AvgIpc) is 2.34. The highest BCUT2D eigenvalue weighted by Crippen LogP contribution is 2.39. The Hall–Kier alpha value is -1.36. The molecule has 0 fully saturated rings. The highest BCUT2D eigenvalue weighted by atomic mass is 35.5. The summed E-state index contributed by atoms with van der Waals surface area (Å²) in [6.45, 7) is 0. The van der Waals surface area contributed by atoms with E-state index in [0.29, 0.717) is 11.1 Å². The standard InChI is InChI=1S/C12H5Cl3FNO2/c13-7-2-3-8(14)12(15)11(7)6-1-4-10(17(18)19)9(16)5-6/h1-5H. The van der Waals surface area contributed by atoms with E-state index >= 15 is 0 Å². The van der Waals surface area contributed by atoms with Crippen molar-refractivity contribution in [2.75, 3.05) is 0 Å². The van der Waals surface area contributed by atoms with E-state index in [1.165, 1.54) is 18.2 Å². The number of nitro benzene ring substituents is 1. The topological polar surface area (TPSA) is 43.1 Å². The van der Waals surface area contributed by atoms with E-state index in [4.69, 9.17) is 34.8 Å². The fraction of sp³-hybridized carbons (Fsp3) is 0. The smallest absolute Gasteiger partial charge is 0.258 e. The third kappa shape index (κ3) is 2.66. The Morgan fingerprint density at radius 3 is 2.26 bits per heavy atom. The summed E-state index contributed by atoms with van der Waals surface area (Å²) in [6.07, 6.45) is 0. The molecule has 0 spiro atoms. The predicted octanol–water partition coefficient (Wildman–Crippen LogP) is 5.36. The molecule has 0 saturated heterocycles. The zero-order valence-electron chi connectivity index (χ0n) is 9.16. The molecule has 0 saturated carbocycles. The Balaban J connectivity index is 2.64. The molecular weight excluding hydrogens is 315 g/mol. The summed E-state index contributed by atoms with van der Waals surface area (Å²) in [7, 11) is 0. The summed E-state index contributed by atoms with van der Waals surface area (Å²) in [5, 5.41) is 11.3. The number of benzene rings is 2. The van der Waals surface area contributed by atoms with Gasteiger partial charge >= 0.3 is 5.69 Å². The summed E-state index contributed by atoms with van der Waals surface area (Å²) in [5.74, 6) is -0.963. The second-order valence-corrected chi connectivity index (χ2v) is 4.83. The van der Waals surface area contributed by atoms with Crippen LogP contribution in [0.5, 0.6) is 0 Å². The van der Waals surface area contributed by atoms with Crippen LogP contribution in [0.4, 0.5) is 10.1 Å². The van der Waals surface area contributed by atoms with Crippen LogP contribution in [0.3, 0.4) is 0 Å². The number of halogens is 4. The van der Waals surface area contributed by atoms with Crippen molar-refractivity contribution in [3.8, 4) is 11.1 Å². The number of nitro groups is 1. The molecule has 2 aromatic carbocycles. The van der Waals surface area contributed by atoms with Gasteiger partial charge in [-0.2, -0.15) is 4.39 Å². The van der Waals surface area contributed by atoms with Crippen LogP contribution < -0.4 is 0 Å². The van der Waals surface area contributed by atoms with Gasteiger partial charge in [0.2, 0.25) is 5.82 Å². The molecule has 0 atom stereocenters. The molecule has 0 N–H and O–H groups in total. The first kappa shape index (κ1) is 14.1. The van der Waals surface area contributed by atoms with Crippen molar-refractivity contribution in [3.05, 3.63) is 61.3 Å². The third-order valence-corrected chi connectivity index (χ3v) is 3.60. The van der Waals surface area contributed by atoms with E-state index in [1.807, 2.05) is 0 Å². The highest BCUT2D eigenvalue weighted by molar-refractivity contribution is 6.46. The molecule has 0 bridgehead atoms. The summed E-state index contributed by atoms with van der Waals surface area (Å²) in [6, 6.07) is 6.45. The molecule has 7 heteroatoms. The van der Waals surface area contributed by atoms with Crippen molar-refractivity contribution >= 4 is 40.5 Å². The molecule has 0 amide bonds. The Kier molecular flexibility index (Phi) is 3.94. The number of hydrogen-bond acceptors (Lipinski definition) is 2. The van der Waals surface area contributed by atoms with Crippen molar-refractivity contribution in [2.45, 2.75) is 0 Å². The molecule has 2 rings (SSSR count). The molecule has 2 aromatic rings. The lowest BCUT2D eigenvalue weighted by atomic mass is 10.0. The second-order valence-electron chi connectivity index (χ2n) is 3.64. The lowest BCUT2D eigenvalue weighted by Crippen LogP contribution is -1.93. The average molecular weight is 321 g/mol. The molecule has 0 aliphatic heterocycles. The van der Waals surface area contributed by atoms with Gasteiger partial charge in [-0.05, 0) is 29.8 Å². The SMILES string of the molecule is O=[N+]([O-])c1ccc(-c2c(Cl)ccc(Cl)c2Cl)cc1F. The Bertz CT molecular complexity index is 676. The zero-order chi connectivity index (χ0) is 14.2. The molecule has 19 heavy (non-hydrogen) atoms. The maximum atomic E-state index is 13.6. The van der Waals surface area contributed by atoms with Crippen molar-refractivity contribution in [2.24, 2.45) is 0 Å². The largest absolute Gasteiger partial charge is 0.304 e. The lowest BCUT2D eigenvalue weighted by Gasteiger charge is -2.08. The van der Waals surface area contributed by atoms with Gasteiger partial charge in [-0.3, -0.25) is 10.1 Å². The molecule has 0 aromatic heterocycles. The fourth-order valence-electron chi connectivity index (χ4n) is 1.60. The van der Waals surface area contributed by atoms with Crippen molar-refractivity contribution in [1.29, 1.82) is 0 Å². The maximum absolute atomic E-state index is 13.6. The van der Waals surface area contributed by atoms with Gasteiger partial charge in [-0.25, -0.2) is 0 Å². The fourth-order valence-corrected chi connectivity index (χ4v) is 2.35. The van der Waals surface area contributed by atoms with Gasteiger partial charge in [0.25, 0.3) is 0 Å². The Morgan fingerprint density at radius 2 is 1.68 bits per heavy atom. The predicted molar refractivity (Wildman–Crippen MR) is 73.5 cm³/mol. The monoisotopic (exact) mass is 319 g/mol. The van der Waals surface area contributed by atoms with E-state index in [9.17, 15) is 14.5 Å². The number of nitrogens with zero attached hydrogens (tertiary/aromatic N) is 1. The first-order chi connectivity index (χ1) is 8.91. The van der Waals surface area contributed by atoms with Gasteiger partial charge in [0, 0.05) is 16.7 Å². The molecule has 0 heterocycles. The Labute approximate surface area is 122 Å². The van der Waals surface area contributed by atoms with E-state index in [2.05, 4.69) is 0 Å². The minimum atomic E-state index is -0.963. The van der Waals surface area contributed by atoms with Crippen molar-refractivity contribution < 1.29 is 9.31 Å². The van der Waals surface area contributed by atoms with Gasteiger partial charge in [0.15, 0.2) is 0 Å². The quantitative estimate of drug-likeness (QED) is 0.424. The molecule has 3 nitrogen and oxygen atoms in total. The molecule has 0 aliphatic carbocycles. The first-order valence-corrected chi connectivity index (χ1v) is 6.13. The number of hydrogen-bond donors (Lipinski definition) is 0. The van der Waals surface area contributed by atoms with Crippen molar-refractivity contribution in [1.82, 2.24) is 0 Å². The van der Waals surface area contributed by atoms with E-state index in [-0.39, 0.29) is 15.1 Å². The highest BCUT2D eigenvalue weighted by Gasteiger charge is 2.18. The summed E-state index contributed by atoms with van der Waals surface area (Å²) in [5.41, 5.74) is 0.0447. The zero-order valence-corrected chi connectivity index (χ0v) is 11.4. The lowest BCUT2D eigenvalue weighted by molar-refractivity contribution is -0.387. The summed E-state index contributed by atoms with van der Waals surface area (Å²) >= 11 is 17.9. The molecule has 98 valence electrons. The maximum Gasteiger partial charge on any atom is 0.304 e. The van der Waals surface area contributed by atoms with Crippen LogP contribution in [0, 0.1) is 15.9 Å². The van der Waals surface area contributed by atoms with Crippen LogP contribution in [0.15, 0.2) is 30.3 Å². The van der Waals surface area contributed by atoms with Gasteiger partial charge in [0.1, 0.15) is 0 Å². The van der Waals surface area contributed by atoms with E-state index in [1.54, 1.807) is 0 Å². The normalized spacial score (nSPS) is 10.5. The number of rotatable bonds is 2. The van der Waals surface area contributed by atoms with Crippen LogP contribution in [0.1, 0.15) is 0 Å². The van der Waals surface area contributed by atoms with Gasteiger partial charge in [0.05, 0.1) is 15.0 Å². The van der Waals surface area contributed by atoms with Gasteiger partial charge in [-0.1, -0.05) is 34.8 Å². The molecular formula is C12H5Cl3FNO2. The summed E-state index contributed by atoms with van der Waals surface area (Å²) in [4.78, 5) is 9.74. The van der Waals surface area contributed by atoms with E-state index < -0.39 is 16.4 Å². The first-order valence-electron chi connectivity index (χ1n) is 4.99. The van der Waals surface area contributed by atoms with Crippen LogP contribution in [-0.2, 0) is 0 Å². The summed E-state index contributed by atoms with van der Waals surface area (Å²) < 4.78 is 13.6. The minimum Gasteiger partial charge on any atom is -0.258 e. The van der Waals surface area contributed by atoms with Crippen LogP contribution in [0.2, 0.25) is 15.1 Å². The van der Waals surface area contributed by atoms with Crippen LogP contribution in [0.25, 0.3) is 11.1 Å². The molecule has 0 radical (unpaired) electrons. The second kappa shape index (κ2) is 5.33. The minimum absolute atomic E-state index is 0.169. The van der Waals surface area contributed by atoms with Gasteiger partial charge < -0.3 is 0 Å². The Morgan fingerprint density at radius 1 is 1.05 bits per heavy atom. The third-order valence-electron chi connectivity index (χ3n) is 2.48. The van der Waals surface area contributed by atoms with Crippen LogP contribution in [-0.4, -0.2) is 4.92 Å². The molecule has 0 unspecified atom stereocenters. The van der Waals surface area contributed by atoms with Gasteiger partial charge in [-0.15, -0.1) is 0 Å². The van der Waals surface area contributed by atoms with Crippen LogP contribution >= 0.6 is 34.8 Å². The van der Waals surface area contributed by atoms with Crippen molar-refractivity contribution in [3.63, 3.8) is 0 Å². The van der Waals surface area contributed by atoms with E-state index in [0.717, 1.165) is 12.1 Å². The molecule has 0 aliphatic rings.